The van der Waals surface area contributed by atoms with E-state index in [0.717, 1.165) is 34.3 Å². The molecular formula is C24H28N4OS. The summed E-state index contributed by atoms with van der Waals surface area (Å²) < 4.78 is 2.18. The van der Waals surface area contributed by atoms with Gasteiger partial charge in [0, 0.05) is 11.6 Å². The molecule has 1 N–H and O–H groups in total. The molecule has 1 unspecified atom stereocenters. The fourth-order valence-corrected chi connectivity index (χ4v) is 4.61. The largest absolute Gasteiger partial charge is 0.325 e. The molecule has 2 aromatic carbocycles. The highest BCUT2D eigenvalue weighted by Crippen LogP contribution is 2.40. The van der Waals surface area contributed by atoms with Gasteiger partial charge in [-0.2, -0.15) is 0 Å². The summed E-state index contributed by atoms with van der Waals surface area (Å²) in [6.07, 6.45) is 2.33. The molecule has 1 aliphatic carbocycles. The number of thioether (sulfide) groups is 1. The van der Waals surface area contributed by atoms with Gasteiger partial charge in [0.25, 0.3) is 0 Å². The van der Waals surface area contributed by atoms with Crippen molar-refractivity contribution in [1.82, 2.24) is 14.8 Å². The lowest BCUT2D eigenvalue weighted by Crippen LogP contribution is -2.24. The summed E-state index contributed by atoms with van der Waals surface area (Å²) in [6.45, 7) is 8.79. The van der Waals surface area contributed by atoms with E-state index in [0.29, 0.717) is 5.92 Å². The van der Waals surface area contributed by atoms with Crippen molar-refractivity contribution in [2.24, 2.45) is 0 Å². The van der Waals surface area contributed by atoms with Crippen LogP contribution < -0.4 is 5.32 Å². The summed E-state index contributed by atoms with van der Waals surface area (Å²) in [5.74, 6) is 1.52. The molecule has 1 atom stereocenters. The Balaban J connectivity index is 1.52. The van der Waals surface area contributed by atoms with Crippen LogP contribution in [-0.4, -0.2) is 25.9 Å². The molecule has 0 spiro atoms. The maximum absolute atomic E-state index is 12.9. The third kappa shape index (κ3) is 4.59. The van der Waals surface area contributed by atoms with Gasteiger partial charge in [-0.1, -0.05) is 59.8 Å². The van der Waals surface area contributed by atoms with Crippen molar-refractivity contribution in [2.75, 3.05) is 5.32 Å². The van der Waals surface area contributed by atoms with Gasteiger partial charge in [-0.15, -0.1) is 10.2 Å². The standard InChI is InChI=1S/C24H28N4OS/c1-15-12-16(2)21(17(3)13-15)25-23(29)18(4)30-24-27-26-22(20-10-11-20)28(24)14-19-8-6-5-7-9-19/h5-9,12-13,18,20H,10-11,14H2,1-4H3,(H,25,29). The maximum Gasteiger partial charge on any atom is 0.237 e. The molecule has 3 aromatic rings. The Kier molecular flexibility index (Phi) is 5.95. The van der Waals surface area contributed by atoms with Crippen LogP contribution in [0.4, 0.5) is 5.69 Å². The molecule has 1 aromatic heterocycles. The minimum atomic E-state index is -0.282. The van der Waals surface area contributed by atoms with E-state index in [1.165, 1.54) is 35.7 Å². The van der Waals surface area contributed by atoms with Gasteiger partial charge in [0.15, 0.2) is 5.16 Å². The fraction of sp³-hybridized carbons (Fsp3) is 0.375. The Morgan fingerprint density at radius 3 is 2.43 bits per heavy atom. The van der Waals surface area contributed by atoms with Crippen LogP contribution in [0.2, 0.25) is 0 Å². The highest BCUT2D eigenvalue weighted by Gasteiger charge is 2.31. The highest BCUT2D eigenvalue weighted by atomic mass is 32.2. The van der Waals surface area contributed by atoms with Crippen LogP contribution in [-0.2, 0) is 11.3 Å². The summed E-state index contributed by atoms with van der Waals surface area (Å²) in [4.78, 5) is 12.9. The summed E-state index contributed by atoms with van der Waals surface area (Å²) in [5, 5.41) is 12.6. The Morgan fingerprint density at radius 2 is 1.80 bits per heavy atom. The molecule has 1 heterocycles. The zero-order chi connectivity index (χ0) is 21.3. The predicted molar refractivity (Wildman–Crippen MR) is 122 cm³/mol. The first-order chi connectivity index (χ1) is 14.4. The quantitative estimate of drug-likeness (QED) is 0.531. The number of aromatic nitrogens is 3. The maximum atomic E-state index is 12.9. The topological polar surface area (TPSA) is 59.8 Å². The van der Waals surface area contributed by atoms with Crippen molar-refractivity contribution in [3.63, 3.8) is 0 Å². The van der Waals surface area contributed by atoms with Crippen molar-refractivity contribution >= 4 is 23.4 Å². The molecule has 0 bridgehead atoms. The van der Waals surface area contributed by atoms with Crippen LogP contribution in [0.3, 0.4) is 0 Å². The smallest absolute Gasteiger partial charge is 0.237 e. The molecule has 0 aliphatic heterocycles. The number of aryl methyl sites for hydroxylation is 3. The number of anilines is 1. The van der Waals surface area contributed by atoms with Gasteiger partial charge in [0.2, 0.25) is 5.91 Å². The first-order valence-corrected chi connectivity index (χ1v) is 11.3. The van der Waals surface area contributed by atoms with Gasteiger partial charge in [-0.25, -0.2) is 0 Å². The van der Waals surface area contributed by atoms with Crippen LogP contribution in [0.15, 0.2) is 47.6 Å². The first kappa shape index (κ1) is 20.7. The van der Waals surface area contributed by atoms with Crippen molar-refractivity contribution in [2.45, 2.75) is 63.4 Å². The number of amides is 1. The van der Waals surface area contributed by atoms with Crippen molar-refractivity contribution in [3.05, 3.63) is 70.5 Å². The van der Waals surface area contributed by atoms with Gasteiger partial charge >= 0.3 is 0 Å². The second-order valence-electron chi connectivity index (χ2n) is 8.21. The number of hydrogen-bond donors (Lipinski definition) is 1. The lowest BCUT2D eigenvalue weighted by Gasteiger charge is -2.16. The van der Waals surface area contributed by atoms with E-state index in [1.807, 2.05) is 39.0 Å². The summed E-state index contributed by atoms with van der Waals surface area (Å²) in [6, 6.07) is 14.5. The number of benzene rings is 2. The minimum Gasteiger partial charge on any atom is -0.325 e. The Labute approximate surface area is 182 Å². The monoisotopic (exact) mass is 420 g/mol. The number of carbonyl (C=O) groups excluding carboxylic acids is 1. The van der Waals surface area contributed by atoms with Crippen molar-refractivity contribution in [1.29, 1.82) is 0 Å². The predicted octanol–water partition coefficient (Wildman–Crippen LogP) is 5.25. The van der Waals surface area contributed by atoms with Crippen LogP contribution in [0.25, 0.3) is 0 Å². The van der Waals surface area contributed by atoms with Gasteiger partial charge in [-0.3, -0.25) is 4.79 Å². The lowest BCUT2D eigenvalue weighted by molar-refractivity contribution is -0.115. The molecule has 6 heteroatoms. The average Bonchev–Trinajstić information content (AvgIpc) is 3.48. The molecule has 0 radical (unpaired) electrons. The zero-order valence-electron chi connectivity index (χ0n) is 18.0. The van der Waals surface area contributed by atoms with Crippen LogP contribution in [0.5, 0.6) is 0 Å². The van der Waals surface area contributed by atoms with E-state index in [2.05, 4.69) is 51.3 Å². The molecule has 4 rings (SSSR count). The summed E-state index contributed by atoms with van der Waals surface area (Å²) >= 11 is 1.47. The van der Waals surface area contributed by atoms with E-state index in [9.17, 15) is 4.79 Å². The number of carbonyl (C=O) groups is 1. The van der Waals surface area contributed by atoms with Gasteiger partial charge in [0.1, 0.15) is 5.82 Å². The van der Waals surface area contributed by atoms with E-state index >= 15 is 0 Å². The molecule has 30 heavy (non-hydrogen) atoms. The Morgan fingerprint density at radius 1 is 1.13 bits per heavy atom. The Bertz CT molecular complexity index is 1030. The van der Waals surface area contributed by atoms with Crippen molar-refractivity contribution in [3.8, 4) is 0 Å². The van der Waals surface area contributed by atoms with Crippen LogP contribution in [0.1, 0.15) is 53.8 Å². The van der Waals surface area contributed by atoms with Gasteiger partial charge < -0.3 is 9.88 Å². The molecule has 156 valence electrons. The number of rotatable bonds is 7. The molecular weight excluding hydrogens is 392 g/mol. The van der Waals surface area contributed by atoms with Gasteiger partial charge in [-0.05, 0) is 57.2 Å². The molecule has 0 saturated heterocycles. The second-order valence-corrected chi connectivity index (χ2v) is 9.52. The molecule has 5 nitrogen and oxygen atoms in total. The highest BCUT2D eigenvalue weighted by molar-refractivity contribution is 8.00. The third-order valence-corrected chi connectivity index (χ3v) is 6.53. The van der Waals surface area contributed by atoms with E-state index in [4.69, 9.17) is 0 Å². The summed E-state index contributed by atoms with van der Waals surface area (Å²) in [7, 11) is 0. The van der Waals surface area contributed by atoms with E-state index < -0.39 is 0 Å². The second kappa shape index (κ2) is 8.64. The first-order valence-electron chi connectivity index (χ1n) is 10.4. The minimum absolute atomic E-state index is 0.0164. The number of nitrogens with one attached hydrogen (secondary N) is 1. The van der Waals surface area contributed by atoms with E-state index in [1.54, 1.807) is 0 Å². The molecule has 1 saturated carbocycles. The van der Waals surface area contributed by atoms with Crippen LogP contribution in [0, 0.1) is 20.8 Å². The number of hydrogen-bond acceptors (Lipinski definition) is 4. The zero-order valence-corrected chi connectivity index (χ0v) is 18.8. The third-order valence-electron chi connectivity index (χ3n) is 5.45. The average molecular weight is 421 g/mol. The summed E-state index contributed by atoms with van der Waals surface area (Å²) in [5.41, 5.74) is 5.49. The molecule has 1 amide bonds. The normalized spacial score (nSPS) is 14.5. The fourth-order valence-electron chi connectivity index (χ4n) is 3.76. The van der Waals surface area contributed by atoms with E-state index in [-0.39, 0.29) is 11.2 Å². The number of nitrogens with zero attached hydrogens (tertiary/aromatic N) is 3. The van der Waals surface area contributed by atoms with Crippen molar-refractivity contribution < 1.29 is 4.79 Å². The lowest BCUT2D eigenvalue weighted by atomic mass is 10.1. The molecule has 1 aliphatic rings. The van der Waals surface area contributed by atoms with Gasteiger partial charge in [0.05, 0.1) is 11.8 Å². The molecule has 1 fully saturated rings. The SMILES string of the molecule is Cc1cc(C)c(NC(=O)C(C)Sc2nnc(C3CC3)n2Cc2ccccc2)c(C)c1. The Hall–Kier alpha value is -2.60. The van der Waals surface area contributed by atoms with Crippen LogP contribution >= 0.6 is 11.8 Å².